The smallest absolute Gasteiger partial charge is 0.140 e. The van der Waals surface area contributed by atoms with Gasteiger partial charge in [0.05, 0.1) is 13.2 Å². The maximum absolute atomic E-state index is 9.15. The highest BCUT2D eigenvalue weighted by molar-refractivity contribution is 4.85. The Balaban J connectivity index is 2.48. The average Bonchev–Trinajstić information content (AvgIpc) is 2.65. The highest BCUT2D eigenvalue weighted by Crippen LogP contribution is 2.02. The summed E-state index contributed by atoms with van der Waals surface area (Å²) >= 11 is 0. The lowest BCUT2D eigenvalue weighted by atomic mass is 10.1. The third-order valence-electron chi connectivity index (χ3n) is 2.52. The van der Waals surface area contributed by atoms with Crippen LogP contribution in [0.25, 0.3) is 0 Å². The van der Waals surface area contributed by atoms with Gasteiger partial charge in [0, 0.05) is 12.6 Å². The third-order valence-corrected chi connectivity index (χ3v) is 2.52. The number of aliphatic hydroxyl groups excluding tert-OH is 1. The number of nitrogens with one attached hydrogen (secondary N) is 1. The van der Waals surface area contributed by atoms with E-state index in [-0.39, 0.29) is 12.6 Å². The lowest BCUT2D eigenvalue weighted by Crippen LogP contribution is -2.37. The maximum Gasteiger partial charge on any atom is 0.140 e. The van der Waals surface area contributed by atoms with E-state index in [1.54, 1.807) is 6.33 Å². The zero-order valence-corrected chi connectivity index (χ0v) is 9.64. The van der Waals surface area contributed by atoms with Gasteiger partial charge in [0.1, 0.15) is 12.2 Å². The van der Waals surface area contributed by atoms with Gasteiger partial charge in [-0.2, -0.15) is 5.10 Å². The Morgan fingerprint density at radius 3 is 2.80 bits per heavy atom. The van der Waals surface area contributed by atoms with Gasteiger partial charge in [0.15, 0.2) is 0 Å². The number of rotatable bonds is 6. The molecule has 86 valence electrons. The Bertz CT molecular complexity index is 285. The molecule has 0 saturated carbocycles. The van der Waals surface area contributed by atoms with Crippen LogP contribution in [-0.4, -0.2) is 32.5 Å². The fourth-order valence-corrected chi connectivity index (χ4v) is 1.42. The maximum atomic E-state index is 9.15. The Morgan fingerprint density at radius 2 is 2.27 bits per heavy atom. The summed E-state index contributed by atoms with van der Waals surface area (Å²) in [4.78, 5) is 4.16. The largest absolute Gasteiger partial charge is 0.395 e. The van der Waals surface area contributed by atoms with Crippen molar-refractivity contribution < 1.29 is 5.11 Å². The standard InChI is InChI=1S/C10H20N4O/c1-4-14-10(12-7-13-14)5-11-9(6-15)8(2)3/h7-9,11,15H,4-6H2,1-3H3. The molecule has 0 radical (unpaired) electrons. The van der Waals surface area contributed by atoms with E-state index in [4.69, 9.17) is 5.11 Å². The molecule has 0 aromatic carbocycles. The number of hydrogen-bond acceptors (Lipinski definition) is 4. The summed E-state index contributed by atoms with van der Waals surface area (Å²) in [5.41, 5.74) is 0. The minimum absolute atomic E-state index is 0.118. The van der Waals surface area contributed by atoms with Gasteiger partial charge in [0.2, 0.25) is 0 Å². The van der Waals surface area contributed by atoms with E-state index in [1.807, 2.05) is 11.6 Å². The summed E-state index contributed by atoms with van der Waals surface area (Å²) in [6.45, 7) is 7.82. The van der Waals surface area contributed by atoms with Crippen molar-refractivity contribution >= 4 is 0 Å². The normalized spacial score (nSPS) is 13.4. The van der Waals surface area contributed by atoms with Crippen molar-refractivity contribution in [2.24, 2.45) is 5.92 Å². The molecule has 1 heterocycles. The van der Waals surface area contributed by atoms with Crippen molar-refractivity contribution in [3.63, 3.8) is 0 Å². The third kappa shape index (κ3) is 3.28. The van der Waals surface area contributed by atoms with Crippen molar-refractivity contribution in [1.82, 2.24) is 20.1 Å². The molecule has 0 spiro atoms. The van der Waals surface area contributed by atoms with Crippen LogP contribution in [0.4, 0.5) is 0 Å². The van der Waals surface area contributed by atoms with Crippen molar-refractivity contribution in [2.45, 2.75) is 39.9 Å². The first-order valence-corrected chi connectivity index (χ1v) is 5.40. The highest BCUT2D eigenvalue weighted by Gasteiger charge is 2.12. The second kappa shape index (κ2) is 5.82. The van der Waals surface area contributed by atoms with Gasteiger partial charge in [0.25, 0.3) is 0 Å². The number of aryl methyl sites for hydroxylation is 1. The average molecular weight is 212 g/mol. The van der Waals surface area contributed by atoms with Crippen LogP contribution in [0.5, 0.6) is 0 Å². The van der Waals surface area contributed by atoms with Crippen LogP contribution in [0.15, 0.2) is 6.33 Å². The Labute approximate surface area is 90.5 Å². The molecule has 5 nitrogen and oxygen atoms in total. The first kappa shape index (κ1) is 12.1. The molecule has 0 amide bonds. The zero-order chi connectivity index (χ0) is 11.3. The van der Waals surface area contributed by atoms with E-state index in [0.29, 0.717) is 12.5 Å². The molecule has 0 aliphatic heterocycles. The topological polar surface area (TPSA) is 63.0 Å². The van der Waals surface area contributed by atoms with Gasteiger partial charge >= 0.3 is 0 Å². The number of hydrogen-bond donors (Lipinski definition) is 2. The van der Waals surface area contributed by atoms with Crippen LogP contribution in [0.2, 0.25) is 0 Å². The first-order chi connectivity index (χ1) is 7.19. The SMILES string of the molecule is CCn1ncnc1CNC(CO)C(C)C. The minimum Gasteiger partial charge on any atom is -0.395 e. The lowest BCUT2D eigenvalue weighted by Gasteiger charge is -2.19. The van der Waals surface area contributed by atoms with Crippen LogP contribution in [0.1, 0.15) is 26.6 Å². The van der Waals surface area contributed by atoms with Crippen LogP contribution in [0.3, 0.4) is 0 Å². The molecule has 0 aliphatic rings. The summed E-state index contributed by atoms with van der Waals surface area (Å²) in [5.74, 6) is 1.32. The van der Waals surface area contributed by atoms with Crippen molar-refractivity contribution in [2.75, 3.05) is 6.61 Å². The molecule has 0 saturated heterocycles. The minimum atomic E-state index is 0.118. The summed E-state index contributed by atoms with van der Waals surface area (Å²) in [7, 11) is 0. The molecule has 5 heteroatoms. The fraction of sp³-hybridized carbons (Fsp3) is 0.800. The molecule has 1 aromatic rings. The monoisotopic (exact) mass is 212 g/mol. The summed E-state index contributed by atoms with van der Waals surface area (Å²) in [6, 6.07) is 0.118. The number of aromatic nitrogens is 3. The molecule has 1 aromatic heterocycles. The zero-order valence-electron chi connectivity index (χ0n) is 9.64. The molecular formula is C10H20N4O. The van der Waals surface area contributed by atoms with E-state index < -0.39 is 0 Å². The predicted molar refractivity (Wildman–Crippen MR) is 58.2 cm³/mol. The Kier molecular flexibility index (Phi) is 4.71. The molecule has 0 aliphatic carbocycles. The summed E-state index contributed by atoms with van der Waals surface area (Å²) in [5, 5.41) is 16.5. The van der Waals surface area contributed by atoms with Crippen LogP contribution >= 0.6 is 0 Å². The molecule has 1 rings (SSSR count). The highest BCUT2D eigenvalue weighted by atomic mass is 16.3. The lowest BCUT2D eigenvalue weighted by molar-refractivity contribution is 0.208. The van der Waals surface area contributed by atoms with Gasteiger partial charge in [-0.05, 0) is 12.8 Å². The van der Waals surface area contributed by atoms with E-state index in [1.165, 1.54) is 0 Å². The first-order valence-electron chi connectivity index (χ1n) is 5.40. The van der Waals surface area contributed by atoms with Gasteiger partial charge < -0.3 is 10.4 Å². The van der Waals surface area contributed by atoms with Crippen LogP contribution < -0.4 is 5.32 Å². The number of aliphatic hydroxyl groups is 1. The van der Waals surface area contributed by atoms with E-state index in [0.717, 1.165) is 12.4 Å². The summed E-state index contributed by atoms with van der Waals surface area (Å²) in [6.07, 6.45) is 1.56. The molecule has 1 unspecified atom stereocenters. The van der Waals surface area contributed by atoms with Gasteiger partial charge in [-0.1, -0.05) is 13.8 Å². The van der Waals surface area contributed by atoms with Crippen molar-refractivity contribution in [3.05, 3.63) is 12.2 Å². The van der Waals surface area contributed by atoms with Gasteiger partial charge in [-0.3, -0.25) is 0 Å². The fourth-order valence-electron chi connectivity index (χ4n) is 1.42. The van der Waals surface area contributed by atoms with Crippen molar-refractivity contribution in [3.8, 4) is 0 Å². The molecule has 1 atom stereocenters. The Morgan fingerprint density at radius 1 is 1.53 bits per heavy atom. The molecule has 0 bridgehead atoms. The second-order valence-electron chi connectivity index (χ2n) is 3.91. The van der Waals surface area contributed by atoms with E-state index in [2.05, 4.69) is 29.2 Å². The van der Waals surface area contributed by atoms with E-state index in [9.17, 15) is 0 Å². The molecule has 2 N–H and O–H groups in total. The molecule has 15 heavy (non-hydrogen) atoms. The van der Waals surface area contributed by atoms with Crippen molar-refractivity contribution in [1.29, 1.82) is 0 Å². The van der Waals surface area contributed by atoms with Gasteiger partial charge in [-0.25, -0.2) is 9.67 Å². The quantitative estimate of drug-likeness (QED) is 0.716. The number of nitrogens with zero attached hydrogens (tertiary/aromatic N) is 3. The molecule has 0 fully saturated rings. The summed E-state index contributed by atoms with van der Waals surface area (Å²) < 4.78 is 1.85. The second-order valence-corrected chi connectivity index (χ2v) is 3.91. The van der Waals surface area contributed by atoms with Gasteiger partial charge in [-0.15, -0.1) is 0 Å². The predicted octanol–water partition coefficient (Wildman–Crippen LogP) is 0.404. The van der Waals surface area contributed by atoms with E-state index >= 15 is 0 Å². The Hall–Kier alpha value is -0.940. The van der Waals surface area contributed by atoms with Crippen LogP contribution in [0, 0.1) is 5.92 Å². The molecular weight excluding hydrogens is 192 g/mol. The van der Waals surface area contributed by atoms with Crippen LogP contribution in [-0.2, 0) is 13.1 Å².